The predicted octanol–water partition coefficient (Wildman–Crippen LogP) is 2.85. The van der Waals surface area contributed by atoms with Gasteiger partial charge in [0.15, 0.2) is 0 Å². The molecule has 0 aromatic heterocycles. The lowest BCUT2D eigenvalue weighted by atomic mass is 9.88. The van der Waals surface area contributed by atoms with Crippen LogP contribution in [-0.2, 0) is 14.8 Å². The van der Waals surface area contributed by atoms with Gasteiger partial charge < -0.3 is 4.74 Å². The lowest BCUT2D eigenvalue weighted by Gasteiger charge is -2.36. The molecular weight excluding hydrogens is 286 g/mol. The molecule has 1 fully saturated rings. The van der Waals surface area contributed by atoms with Gasteiger partial charge in [0.05, 0.1) is 11.4 Å². The van der Waals surface area contributed by atoms with E-state index >= 15 is 0 Å². The summed E-state index contributed by atoms with van der Waals surface area (Å²) in [5.74, 6) is 0. The van der Waals surface area contributed by atoms with Gasteiger partial charge in [0.2, 0.25) is 10.0 Å². The third-order valence-corrected chi connectivity index (χ3v) is 7.82. The fraction of sp³-hybridized carbons (Fsp3) is 0.875. The van der Waals surface area contributed by atoms with Crippen LogP contribution in [-0.4, -0.2) is 44.3 Å². The maximum atomic E-state index is 12.9. The van der Waals surface area contributed by atoms with Crippen LogP contribution in [0.1, 0.15) is 57.8 Å². The van der Waals surface area contributed by atoms with Crippen LogP contribution in [0.5, 0.6) is 0 Å². The number of rotatable bonds is 3. The monoisotopic (exact) mass is 313 g/mol. The van der Waals surface area contributed by atoms with Crippen LogP contribution in [0.15, 0.2) is 11.1 Å². The molecule has 1 aliphatic heterocycles. The van der Waals surface area contributed by atoms with Crippen molar-refractivity contribution < 1.29 is 13.2 Å². The Balaban J connectivity index is 1.67. The fourth-order valence-corrected chi connectivity index (χ4v) is 6.04. The van der Waals surface area contributed by atoms with E-state index in [1.165, 1.54) is 24.8 Å². The van der Waals surface area contributed by atoms with Crippen molar-refractivity contribution in [1.29, 1.82) is 0 Å². The smallest absolute Gasteiger partial charge is 0.217 e. The Morgan fingerprint density at radius 2 is 1.67 bits per heavy atom. The highest BCUT2D eigenvalue weighted by atomic mass is 32.2. The average Bonchev–Trinajstić information content (AvgIpc) is 2.54. The molecule has 0 saturated heterocycles. The van der Waals surface area contributed by atoms with E-state index in [0.29, 0.717) is 13.1 Å². The Morgan fingerprint density at radius 3 is 2.33 bits per heavy atom. The van der Waals surface area contributed by atoms with Crippen LogP contribution < -0.4 is 0 Å². The third kappa shape index (κ3) is 3.20. The van der Waals surface area contributed by atoms with Crippen LogP contribution in [0.25, 0.3) is 0 Å². The first kappa shape index (κ1) is 15.5. The zero-order valence-electron chi connectivity index (χ0n) is 13.0. The molecule has 4 nitrogen and oxygen atoms in total. The second-order valence-corrected chi connectivity index (χ2v) is 8.89. The molecule has 0 unspecified atom stereocenters. The fourth-order valence-electron chi connectivity index (χ4n) is 4.07. The van der Waals surface area contributed by atoms with Gasteiger partial charge in [-0.05, 0) is 57.8 Å². The molecule has 21 heavy (non-hydrogen) atoms. The minimum Gasteiger partial charge on any atom is -0.381 e. The Morgan fingerprint density at radius 1 is 1.00 bits per heavy atom. The summed E-state index contributed by atoms with van der Waals surface area (Å²) >= 11 is 0. The summed E-state index contributed by atoms with van der Waals surface area (Å²) in [5.41, 5.74) is 2.97. The maximum absolute atomic E-state index is 12.9. The van der Waals surface area contributed by atoms with Crippen LogP contribution in [0.3, 0.4) is 0 Å². The topological polar surface area (TPSA) is 46.6 Å². The zero-order valence-corrected chi connectivity index (χ0v) is 13.8. The Bertz CT molecular complexity index is 504. The van der Waals surface area contributed by atoms with Crippen molar-refractivity contribution in [3.63, 3.8) is 0 Å². The van der Waals surface area contributed by atoms with Crippen LogP contribution in [0, 0.1) is 0 Å². The number of sulfonamides is 1. The van der Waals surface area contributed by atoms with Gasteiger partial charge in [-0.25, -0.2) is 8.42 Å². The summed E-state index contributed by atoms with van der Waals surface area (Å²) in [4.78, 5) is 0. The highest BCUT2D eigenvalue weighted by Crippen LogP contribution is 2.34. The molecule has 1 heterocycles. The number of methoxy groups -OCH3 is 1. The van der Waals surface area contributed by atoms with Gasteiger partial charge in [-0.3, -0.25) is 0 Å². The van der Waals surface area contributed by atoms with E-state index in [2.05, 4.69) is 0 Å². The molecule has 3 rings (SSSR count). The summed E-state index contributed by atoms with van der Waals surface area (Å²) in [7, 11) is -1.40. The molecular formula is C16H27NO3S. The van der Waals surface area contributed by atoms with Crippen molar-refractivity contribution in [2.45, 2.75) is 69.1 Å². The Labute approximate surface area is 128 Å². The van der Waals surface area contributed by atoms with Crippen molar-refractivity contribution in [3.05, 3.63) is 11.1 Å². The second-order valence-electron chi connectivity index (χ2n) is 6.68. The summed E-state index contributed by atoms with van der Waals surface area (Å²) in [6.07, 6.45) is 9.29. The molecule has 120 valence electrons. The zero-order chi connectivity index (χ0) is 14.9. The number of hydrogen-bond donors (Lipinski definition) is 0. The largest absolute Gasteiger partial charge is 0.381 e. The standard InChI is InChI=1S/C16H27NO3S/c1-20-15-6-8-16(9-7-15)21(18,19)17-11-10-13-4-2-3-5-14(13)12-17/h15-16H,2-12H2,1H3. The summed E-state index contributed by atoms with van der Waals surface area (Å²) in [6.45, 7) is 1.37. The predicted molar refractivity (Wildman–Crippen MR) is 83.7 cm³/mol. The summed E-state index contributed by atoms with van der Waals surface area (Å²) in [5, 5.41) is -0.186. The lowest BCUT2D eigenvalue weighted by Crippen LogP contribution is -2.44. The molecule has 0 N–H and O–H groups in total. The first-order valence-electron chi connectivity index (χ1n) is 8.33. The lowest BCUT2D eigenvalue weighted by molar-refractivity contribution is 0.0713. The van der Waals surface area contributed by atoms with E-state index in [9.17, 15) is 8.42 Å². The SMILES string of the molecule is COC1CCC(S(=O)(=O)N2CCC3=C(CCCC3)C2)CC1. The third-order valence-electron chi connectivity index (χ3n) is 5.47. The summed E-state index contributed by atoms with van der Waals surface area (Å²) < 4.78 is 32.9. The maximum Gasteiger partial charge on any atom is 0.217 e. The molecule has 5 heteroatoms. The average molecular weight is 313 g/mol. The summed E-state index contributed by atoms with van der Waals surface area (Å²) in [6, 6.07) is 0. The van der Waals surface area contributed by atoms with E-state index in [0.717, 1.165) is 38.5 Å². The normalized spacial score (nSPS) is 32.0. The van der Waals surface area contributed by atoms with Gasteiger partial charge >= 0.3 is 0 Å². The van der Waals surface area contributed by atoms with Gasteiger partial charge in [-0.1, -0.05) is 11.1 Å². The molecule has 0 radical (unpaired) electrons. The van der Waals surface area contributed by atoms with Crippen molar-refractivity contribution in [1.82, 2.24) is 4.31 Å². The molecule has 0 atom stereocenters. The van der Waals surface area contributed by atoms with Gasteiger partial charge in [0.1, 0.15) is 0 Å². The van der Waals surface area contributed by atoms with Gasteiger partial charge in [-0.15, -0.1) is 0 Å². The number of ether oxygens (including phenoxy) is 1. The molecule has 2 aliphatic carbocycles. The molecule has 0 aromatic rings. The van der Waals surface area contributed by atoms with E-state index in [-0.39, 0.29) is 11.4 Å². The van der Waals surface area contributed by atoms with Gasteiger partial charge in [-0.2, -0.15) is 4.31 Å². The van der Waals surface area contributed by atoms with E-state index < -0.39 is 10.0 Å². The van der Waals surface area contributed by atoms with Crippen molar-refractivity contribution in [2.24, 2.45) is 0 Å². The molecule has 0 bridgehead atoms. The van der Waals surface area contributed by atoms with E-state index in [4.69, 9.17) is 4.74 Å². The molecule has 0 amide bonds. The first-order valence-corrected chi connectivity index (χ1v) is 9.83. The molecule has 0 aromatic carbocycles. The van der Waals surface area contributed by atoms with Crippen molar-refractivity contribution >= 4 is 10.0 Å². The van der Waals surface area contributed by atoms with Crippen molar-refractivity contribution in [2.75, 3.05) is 20.2 Å². The number of nitrogens with zero attached hydrogens (tertiary/aromatic N) is 1. The molecule has 0 spiro atoms. The van der Waals surface area contributed by atoms with E-state index in [1.807, 2.05) is 0 Å². The molecule has 1 saturated carbocycles. The number of hydrogen-bond acceptors (Lipinski definition) is 3. The van der Waals surface area contributed by atoms with Gasteiger partial charge in [0, 0.05) is 20.2 Å². The minimum absolute atomic E-state index is 0.186. The Hall–Kier alpha value is -0.390. The second kappa shape index (κ2) is 6.39. The van der Waals surface area contributed by atoms with E-state index in [1.54, 1.807) is 17.0 Å². The Kier molecular flexibility index (Phi) is 4.71. The highest BCUT2D eigenvalue weighted by molar-refractivity contribution is 7.89. The minimum atomic E-state index is -3.12. The highest BCUT2D eigenvalue weighted by Gasteiger charge is 2.37. The quantitative estimate of drug-likeness (QED) is 0.753. The first-order chi connectivity index (χ1) is 10.1. The van der Waals surface area contributed by atoms with Gasteiger partial charge in [0.25, 0.3) is 0 Å². The van der Waals surface area contributed by atoms with Crippen LogP contribution in [0.4, 0.5) is 0 Å². The van der Waals surface area contributed by atoms with Crippen LogP contribution >= 0.6 is 0 Å². The van der Waals surface area contributed by atoms with Crippen molar-refractivity contribution in [3.8, 4) is 0 Å². The molecule has 3 aliphatic rings. The van der Waals surface area contributed by atoms with Crippen LogP contribution in [0.2, 0.25) is 0 Å².